The number of rotatable bonds is 11. The largest absolute Gasteiger partial charge is 0.481 e. The SMILES string of the molecule is CCCCCCC(CCC)CCCC(=O)O.O. The Kier molecular flexibility index (Phi) is 14.9. The standard InChI is InChI=1S/C14H28O2.H2O/c1-3-5-6-7-10-13(9-4-2)11-8-12-14(15)16;/h13H,3-12H2,1-2H3,(H,15,16);1H2. The highest BCUT2D eigenvalue weighted by Gasteiger charge is 2.08. The van der Waals surface area contributed by atoms with Gasteiger partial charge in [0.05, 0.1) is 0 Å². The van der Waals surface area contributed by atoms with E-state index in [2.05, 4.69) is 13.8 Å². The van der Waals surface area contributed by atoms with Crippen LogP contribution in [-0.4, -0.2) is 16.6 Å². The van der Waals surface area contributed by atoms with Gasteiger partial charge in [-0.2, -0.15) is 0 Å². The lowest BCUT2D eigenvalue weighted by molar-refractivity contribution is -0.137. The van der Waals surface area contributed by atoms with Crippen molar-refractivity contribution in [3.05, 3.63) is 0 Å². The van der Waals surface area contributed by atoms with Crippen LogP contribution in [-0.2, 0) is 4.79 Å². The van der Waals surface area contributed by atoms with Crippen LogP contribution in [0.5, 0.6) is 0 Å². The van der Waals surface area contributed by atoms with Crippen molar-refractivity contribution in [2.75, 3.05) is 0 Å². The van der Waals surface area contributed by atoms with Crippen molar-refractivity contribution < 1.29 is 15.4 Å². The van der Waals surface area contributed by atoms with Gasteiger partial charge in [0.25, 0.3) is 0 Å². The summed E-state index contributed by atoms with van der Waals surface area (Å²) in [5, 5.41) is 8.60. The lowest BCUT2D eigenvalue weighted by Gasteiger charge is -2.15. The molecule has 0 radical (unpaired) electrons. The summed E-state index contributed by atoms with van der Waals surface area (Å²) < 4.78 is 0. The lowest BCUT2D eigenvalue weighted by atomic mass is 9.91. The monoisotopic (exact) mass is 246 g/mol. The van der Waals surface area contributed by atoms with E-state index < -0.39 is 5.97 Å². The predicted molar refractivity (Wildman–Crippen MR) is 72.3 cm³/mol. The molecule has 0 aliphatic rings. The number of carboxylic acid groups (broad SMARTS) is 1. The molecule has 0 aromatic carbocycles. The van der Waals surface area contributed by atoms with Crippen LogP contribution in [0.25, 0.3) is 0 Å². The zero-order chi connectivity index (χ0) is 12.2. The van der Waals surface area contributed by atoms with Crippen molar-refractivity contribution in [1.29, 1.82) is 0 Å². The zero-order valence-electron chi connectivity index (χ0n) is 11.5. The Morgan fingerprint density at radius 2 is 1.59 bits per heavy atom. The number of unbranched alkanes of at least 4 members (excludes halogenated alkanes) is 3. The van der Waals surface area contributed by atoms with E-state index in [-0.39, 0.29) is 5.48 Å². The Morgan fingerprint density at radius 1 is 0.941 bits per heavy atom. The molecule has 0 spiro atoms. The molecule has 1 unspecified atom stereocenters. The van der Waals surface area contributed by atoms with Crippen molar-refractivity contribution in [2.24, 2.45) is 5.92 Å². The van der Waals surface area contributed by atoms with Gasteiger partial charge >= 0.3 is 5.97 Å². The minimum Gasteiger partial charge on any atom is -0.481 e. The summed E-state index contributed by atoms with van der Waals surface area (Å²) >= 11 is 0. The van der Waals surface area contributed by atoms with Gasteiger partial charge in [0, 0.05) is 6.42 Å². The Morgan fingerprint density at radius 3 is 2.12 bits per heavy atom. The van der Waals surface area contributed by atoms with Gasteiger partial charge in [0.2, 0.25) is 0 Å². The molecule has 0 heterocycles. The lowest BCUT2D eigenvalue weighted by Crippen LogP contribution is -2.03. The molecule has 3 heteroatoms. The smallest absolute Gasteiger partial charge is 0.303 e. The number of hydrogen-bond acceptors (Lipinski definition) is 1. The molecule has 0 aliphatic carbocycles. The van der Waals surface area contributed by atoms with Crippen molar-refractivity contribution in [3.63, 3.8) is 0 Å². The fourth-order valence-electron chi connectivity index (χ4n) is 2.24. The average molecular weight is 246 g/mol. The first kappa shape index (κ1) is 18.8. The van der Waals surface area contributed by atoms with Crippen LogP contribution in [0.3, 0.4) is 0 Å². The maximum atomic E-state index is 10.4. The van der Waals surface area contributed by atoms with E-state index in [0.29, 0.717) is 6.42 Å². The molecule has 3 N–H and O–H groups in total. The molecular weight excluding hydrogens is 216 g/mol. The molecular formula is C14H30O3. The van der Waals surface area contributed by atoms with E-state index in [1.807, 2.05) is 0 Å². The molecule has 0 amide bonds. The van der Waals surface area contributed by atoms with Gasteiger partial charge in [-0.1, -0.05) is 58.8 Å². The molecule has 0 fully saturated rings. The van der Waals surface area contributed by atoms with E-state index in [4.69, 9.17) is 5.11 Å². The van der Waals surface area contributed by atoms with E-state index in [1.165, 1.54) is 44.9 Å². The molecule has 1 atom stereocenters. The number of carboxylic acids is 1. The highest BCUT2D eigenvalue weighted by atomic mass is 16.4. The summed E-state index contributed by atoms with van der Waals surface area (Å²) in [6.45, 7) is 4.45. The summed E-state index contributed by atoms with van der Waals surface area (Å²) in [6.07, 6.45) is 11.4. The third-order valence-corrected chi connectivity index (χ3v) is 3.17. The third kappa shape index (κ3) is 13.4. The van der Waals surface area contributed by atoms with Gasteiger partial charge in [-0.05, 0) is 18.8 Å². The van der Waals surface area contributed by atoms with Gasteiger partial charge in [-0.25, -0.2) is 0 Å². The van der Waals surface area contributed by atoms with Gasteiger partial charge in [0.15, 0.2) is 0 Å². The first-order valence-electron chi connectivity index (χ1n) is 6.92. The molecule has 3 nitrogen and oxygen atoms in total. The van der Waals surface area contributed by atoms with Crippen LogP contribution >= 0.6 is 0 Å². The molecule has 0 saturated carbocycles. The molecule has 0 aromatic heterocycles. The molecule has 0 aromatic rings. The summed E-state index contributed by atoms with van der Waals surface area (Å²) in [7, 11) is 0. The maximum Gasteiger partial charge on any atom is 0.303 e. The first-order chi connectivity index (χ1) is 7.70. The number of carbonyl (C=O) groups is 1. The minimum absolute atomic E-state index is 0. The van der Waals surface area contributed by atoms with Crippen molar-refractivity contribution in [3.8, 4) is 0 Å². The van der Waals surface area contributed by atoms with E-state index in [1.54, 1.807) is 0 Å². The second kappa shape index (κ2) is 13.5. The fourth-order valence-corrected chi connectivity index (χ4v) is 2.24. The Bertz CT molecular complexity index is 169. The molecule has 0 rings (SSSR count). The average Bonchev–Trinajstić information content (AvgIpc) is 2.23. The van der Waals surface area contributed by atoms with E-state index in [9.17, 15) is 4.79 Å². The Balaban J connectivity index is 0. The van der Waals surface area contributed by atoms with Crippen LogP contribution in [0.2, 0.25) is 0 Å². The Hall–Kier alpha value is -0.570. The van der Waals surface area contributed by atoms with Crippen LogP contribution in [0.1, 0.15) is 78.1 Å². The van der Waals surface area contributed by atoms with E-state index in [0.717, 1.165) is 18.8 Å². The van der Waals surface area contributed by atoms with Gasteiger partial charge in [-0.15, -0.1) is 0 Å². The first-order valence-corrected chi connectivity index (χ1v) is 6.92. The summed E-state index contributed by atoms with van der Waals surface area (Å²) in [5.74, 6) is 0.113. The number of hydrogen-bond donors (Lipinski definition) is 1. The van der Waals surface area contributed by atoms with Crippen molar-refractivity contribution in [2.45, 2.75) is 78.1 Å². The highest BCUT2D eigenvalue weighted by molar-refractivity contribution is 5.66. The normalized spacial score (nSPS) is 11.9. The molecule has 17 heavy (non-hydrogen) atoms. The fraction of sp³-hybridized carbons (Fsp3) is 0.929. The van der Waals surface area contributed by atoms with Crippen molar-refractivity contribution >= 4 is 5.97 Å². The number of aliphatic carboxylic acids is 1. The van der Waals surface area contributed by atoms with Gasteiger partial charge in [-0.3, -0.25) is 4.79 Å². The molecule has 0 bridgehead atoms. The summed E-state index contributed by atoms with van der Waals surface area (Å²) in [4.78, 5) is 10.4. The topological polar surface area (TPSA) is 68.8 Å². The second-order valence-corrected chi connectivity index (χ2v) is 4.79. The van der Waals surface area contributed by atoms with Crippen molar-refractivity contribution in [1.82, 2.24) is 0 Å². The quantitative estimate of drug-likeness (QED) is 0.563. The Labute approximate surface area is 106 Å². The highest BCUT2D eigenvalue weighted by Crippen LogP contribution is 2.21. The van der Waals surface area contributed by atoms with E-state index >= 15 is 0 Å². The van der Waals surface area contributed by atoms with Gasteiger partial charge < -0.3 is 10.6 Å². The zero-order valence-corrected chi connectivity index (χ0v) is 11.5. The molecule has 104 valence electrons. The van der Waals surface area contributed by atoms with Crippen LogP contribution in [0, 0.1) is 5.92 Å². The summed E-state index contributed by atoms with van der Waals surface area (Å²) in [6, 6.07) is 0. The third-order valence-electron chi connectivity index (χ3n) is 3.17. The maximum absolute atomic E-state index is 10.4. The summed E-state index contributed by atoms with van der Waals surface area (Å²) in [5.41, 5.74) is 0. The van der Waals surface area contributed by atoms with Crippen LogP contribution in [0.4, 0.5) is 0 Å². The van der Waals surface area contributed by atoms with Crippen LogP contribution < -0.4 is 0 Å². The molecule has 0 aliphatic heterocycles. The van der Waals surface area contributed by atoms with Gasteiger partial charge in [0.1, 0.15) is 0 Å². The second-order valence-electron chi connectivity index (χ2n) is 4.79. The van der Waals surface area contributed by atoms with Crippen LogP contribution in [0.15, 0.2) is 0 Å². The molecule has 0 saturated heterocycles. The minimum atomic E-state index is -0.652. The predicted octanol–water partition coefficient (Wildman–Crippen LogP) is 3.80.